The molecule has 0 bridgehead atoms. The summed E-state index contributed by atoms with van der Waals surface area (Å²) in [5.74, 6) is 0.749. The fourth-order valence-corrected chi connectivity index (χ4v) is 2.57. The van der Waals surface area contributed by atoms with Crippen molar-refractivity contribution >= 4 is 0 Å². The average Bonchev–Trinajstić information content (AvgIpc) is 2.57. The van der Waals surface area contributed by atoms with Gasteiger partial charge in [-0.1, -0.05) is 38.1 Å². The minimum atomic E-state index is 0.749. The lowest BCUT2D eigenvalue weighted by molar-refractivity contribution is 0.285. The molecule has 100 valence electrons. The Hall–Kier alpha value is -0.860. The van der Waals surface area contributed by atoms with E-state index < -0.39 is 0 Å². The molecule has 0 amide bonds. The summed E-state index contributed by atoms with van der Waals surface area (Å²) >= 11 is 0. The second kappa shape index (κ2) is 6.91. The molecule has 0 aromatic heterocycles. The van der Waals surface area contributed by atoms with E-state index in [2.05, 4.69) is 48.3 Å². The molecular formula is C16H26N2. The molecule has 0 saturated heterocycles. The summed E-state index contributed by atoms with van der Waals surface area (Å²) in [6.45, 7) is 10.4. The molecule has 0 atom stereocenters. The van der Waals surface area contributed by atoms with Crippen LogP contribution in [0.5, 0.6) is 0 Å². The van der Waals surface area contributed by atoms with Crippen LogP contribution in [0.4, 0.5) is 0 Å². The average molecular weight is 246 g/mol. The van der Waals surface area contributed by atoms with Crippen molar-refractivity contribution in [2.75, 3.05) is 32.7 Å². The Labute approximate surface area is 111 Å². The van der Waals surface area contributed by atoms with Crippen LogP contribution in [-0.2, 0) is 12.8 Å². The third-order valence-corrected chi connectivity index (χ3v) is 3.67. The Bertz CT molecular complexity index is 333. The molecule has 18 heavy (non-hydrogen) atoms. The monoisotopic (exact) mass is 246 g/mol. The van der Waals surface area contributed by atoms with Gasteiger partial charge in [0.1, 0.15) is 0 Å². The summed E-state index contributed by atoms with van der Waals surface area (Å²) < 4.78 is 0. The van der Waals surface area contributed by atoms with E-state index in [4.69, 9.17) is 0 Å². The number of nitrogens with one attached hydrogen (secondary N) is 1. The first-order valence-corrected chi connectivity index (χ1v) is 7.25. The fourth-order valence-electron chi connectivity index (χ4n) is 2.57. The third kappa shape index (κ3) is 4.11. The highest BCUT2D eigenvalue weighted by Crippen LogP contribution is 2.14. The van der Waals surface area contributed by atoms with Gasteiger partial charge in [0.2, 0.25) is 0 Å². The van der Waals surface area contributed by atoms with Gasteiger partial charge in [-0.3, -0.25) is 0 Å². The summed E-state index contributed by atoms with van der Waals surface area (Å²) in [5.41, 5.74) is 3.10. The lowest BCUT2D eigenvalue weighted by Crippen LogP contribution is -2.35. The smallest absolute Gasteiger partial charge is 0.0107 e. The minimum Gasteiger partial charge on any atom is -0.315 e. The van der Waals surface area contributed by atoms with Crippen LogP contribution in [-0.4, -0.2) is 37.6 Å². The zero-order valence-corrected chi connectivity index (χ0v) is 11.8. The van der Waals surface area contributed by atoms with E-state index >= 15 is 0 Å². The van der Waals surface area contributed by atoms with Gasteiger partial charge in [0.25, 0.3) is 0 Å². The van der Waals surface area contributed by atoms with Crippen LogP contribution >= 0.6 is 0 Å². The van der Waals surface area contributed by atoms with Crippen molar-refractivity contribution in [3.8, 4) is 0 Å². The maximum atomic E-state index is 3.53. The van der Waals surface area contributed by atoms with Crippen LogP contribution in [0.2, 0.25) is 0 Å². The van der Waals surface area contributed by atoms with Crippen LogP contribution < -0.4 is 5.32 Å². The first-order valence-electron chi connectivity index (χ1n) is 7.25. The molecule has 1 heterocycles. The van der Waals surface area contributed by atoms with E-state index in [9.17, 15) is 0 Å². The highest BCUT2D eigenvalue weighted by Gasteiger charge is 2.12. The van der Waals surface area contributed by atoms with Crippen molar-refractivity contribution in [2.45, 2.75) is 26.7 Å². The first-order chi connectivity index (χ1) is 8.75. The Kier molecular flexibility index (Phi) is 5.21. The highest BCUT2D eigenvalue weighted by atomic mass is 15.1. The van der Waals surface area contributed by atoms with Crippen LogP contribution in [0.1, 0.15) is 25.0 Å². The van der Waals surface area contributed by atoms with E-state index in [1.807, 2.05) is 0 Å². The number of benzene rings is 1. The zero-order chi connectivity index (χ0) is 12.8. The summed E-state index contributed by atoms with van der Waals surface area (Å²) in [5, 5.41) is 3.53. The second-order valence-electron chi connectivity index (χ2n) is 5.71. The number of fused-ring (bicyclic) bond motifs is 1. The third-order valence-electron chi connectivity index (χ3n) is 3.67. The van der Waals surface area contributed by atoms with Crippen molar-refractivity contribution in [3.05, 3.63) is 35.4 Å². The summed E-state index contributed by atoms with van der Waals surface area (Å²) in [6, 6.07) is 8.91. The van der Waals surface area contributed by atoms with Gasteiger partial charge in [0, 0.05) is 26.2 Å². The quantitative estimate of drug-likeness (QED) is 0.802. The molecule has 2 heteroatoms. The van der Waals surface area contributed by atoms with Gasteiger partial charge >= 0.3 is 0 Å². The molecule has 1 aromatic carbocycles. The van der Waals surface area contributed by atoms with Gasteiger partial charge < -0.3 is 10.2 Å². The first kappa shape index (κ1) is 13.6. The number of nitrogens with zero attached hydrogens (tertiary/aromatic N) is 1. The Balaban J connectivity index is 1.74. The minimum absolute atomic E-state index is 0.749. The van der Waals surface area contributed by atoms with E-state index in [-0.39, 0.29) is 0 Å². The molecule has 0 aliphatic carbocycles. The largest absolute Gasteiger partial charge is 0.315 e. The van der Waals surface area contributed by atoms with Crippen molar-refractivity contribution in [1.82, 2.24) is 10.2 Å². The molecule has 0 fully saturated rings. The van der Waals surface area contributed by atoms with Gasteiger partial charge in [-0.25, -0.2) is 0 Å². The van der Waals surface area contributed by atoms with E-state index in [1.165, 1.54) is 32.5 Å². The van der Waals surface area contributed by atoms with Crippen molar-refractivity contribution in [1.29, 1.82) is 0 Å². The number of hydrogen-bond donors (Lipinski definition) is 1. The zero-order valence-electron chi connectivity index (χ0n) is 11.8. The SMILES string of the molecule is CC(C)CNCCN1CCc2ccccc2CC1. The van der Waals surface area contributed by atoms with Gasteiger partial charge in [0.15, 0.2) is 0 Å². The molecule has 1 N–H and O–H groups in total. The van der Waals surface area contributed by atoms with E-state index in [0.29, 0.717) is 0 Å². The van der Waals surface area contributed by atoms with Crippen LogP contribution in [0.3, 0.4) is 0 Å². The molecule has 1 aliphatic rings. The molecule has 0 saturated carbocycles. The Morgan fingerprint density at radius 3 is 2.28 bits per heavy atom. The van der Waals surface area contributed by atoms with Crippen molar-refractivity contribution < 1.29 is 0 Å². The summed E-state index contributed by atoms with van der Waals surface area (Å²) in [4.78, 5) is 2.59. The predicted molar refractivity (Wildman–Crippen MR) is 78.0 cm³/mol. The second-order valence-corrected chi connectivity index (χ2v) is 5.71. The molecule has 0 radical (unpaired) electrons. The van der Waals surface area contributed by atoms with E-state index in [1.54, 1.807) is 11.1 Å². The standard InChI is InChI=1S/C16H26N2/c1-14(2)13-17-9-12-18-10-7-15-5-3-4-6-16(15)8-11-18/h3-6,14,17H,7-13H2,1-2H3. The predicted octanol–water partition coefficient (Wildman–Crippen LogP) is 2.33. The van der Waals surface area contributed by atoms with Crippen LogP contribution in [0.15, 0.2) is 24.3 Å². The molecule has 0 spiro atoms. The Morgan fingerprint density at radius 2 is 1.72 bits per heavy atom. The lowest BCUT2D eigenvalue weighted by atomic mass is 10.0. The van der Waals surface area contributed by atoms with Crippen LogP contribution in [0.25, 0.3) is 0 Å². The highest BCUT2D eigenvalue weighted by molar-refractivity contribution is 5.28. The maximum absolute atomic E-state index is 3.53. The van der Waals surface area contributed by atoms with Gasteiger partial charge in [-0.05, 0) is 36.4 Å². The normalized spacial score (nSPS) is 16.6. The molecular weight excluding hydrogens is 220 g/mol. The van der Waals surface area contributed by atoms with Crippen molar-refractivity contribution in [3.63, 3.8) is 0 Å². The topological polar surface area (TPSA) is 15.3 Å². The molecule has 2 rings (SSSR count). The van der Waals surface area contributed by atoms with Gasteiger partial charge in [0.05, 0.1) is 0 Å². The maximum Gasteiger partial charge on any atom is 0.0107 e. The Morgan fingerprint density at radius 1 is 1.11 bits per heavy atom. The summed E-state index contributed by atoms with van der Waals surface area (Å²) in [6.07, 6.45) is 2.42. The van der Waals surface area contributed by atoms with E-state index in [0.717, 1.165) is 19.0 Å². The lowest BCUT2D eigenvalue weighted by Gasteiger charge is -2.20. The van der Waals surface area contributed by atoms with Crippen LogP contribution in [0, 0.1) is 5.92 Å². The summed E-state index contributed by atoms with van der Waals surface area (Å²) in [7, 11) is 0. The van der Waals surface area contributed by atoms with Gasteiger partial charge in [-0.2, -0.15) is 0 Å². The molecule has 2 nitrogen and oxygen atoms in total. The van der Waals surface area contributed by atoms with Gasteiger partial charge in [-0.15, -0.1) is 0 Å². The molecule has 0 unspecified atom stereocenters. The molecule has 1 aromatic rings. The number of rotatable bonds is 5. The fraction of sp³-hybridized carbons (Fsp3) is 0.625. The number of hydrogen-bond acceptors (Lipinski definition) is 2. The van der Waals surface area contributed by atoms with Crippen molar-refractivity contribution in [2.24, 2.45) is 5.92 Å². The molecule has 1 aliphatic heterocycles.